The number of nitrogens with one attached hydrogen (secondary N) is 3. The van der Waals surface area contributed by atoms with Gasteiger partial charge in [0.15, 0.2) is 5.96 Å². The molecule has 1 amide bonds. The summed E-state index contributed by atoms with van der Waals surface area (Å²) in [6.07, 6.45) is 2.76. The second-order valence-corrected chi connectivity index (χ2v) is 10.8. The molecule has 0 aromatic carbocycles. The van der Waals surface area contributed by atoms with Crippen LogP contribution in [0, 0.1) is 0 Å². The third-order valence-electron chi connectivity index (χ3n) is 4.72. The first-order chi connectivity index (χ1) is 14.0. The first-order valence-electron chi connectivity index (χ1n) is 11.0. The molecule has 1 heterocycles. The molecule has 1 aliphatic rings. The first-order valence-corrected chi connectivity index (χ1v) is 12.6. The fraction of sp³-hybridized carbons (Fsp3) is 0.900. The van der Waals surface area contributed by atoms with Crippen molar-refractivity contribution in [2.75, 3.05) is 31.9 Å². The largest absolute Gasteiger partial charge is 0.444 e. The van der Waals surface area contributed by atoms with E-state index in [1.54, 1.807) is 11.2 Å². The van der Waals surface area contributed by atoms with Crippen LogP contribution in [0.4, 0.5) is 4.79 Å². The highest BCUT2D eigenvalue weighted by atomic mass is 32.2. The number of alkyl carbamates (subject to hydrolysis) is 1. The van der Waals surface area contributed by atoms with Crippen LogP contribution in [0.2, 0.25) is 0 Å². The number of piperidine rings is 1. The Morgan fingerprint density at radius 3 is 2.33 bits per heavy atom. The summed E-state index contributed by atoms with van der Waals surface area (Å²) in [5, 5.41) is 9.55. The number of aliphatic imine (C=N–C) groups is 1. The van der Waals surface area contributed by atoms with E-state index in [-0.39, 0.29) is 17.8 Å². The van der Waals surface area contributed by atoms with E-state index in [9.17, 15) is 13.2 Å². The van der Waals surface area contributed by atoms with Gasteiger partial charge >= 0.3 is 6.09 Å². The number of ether oxygens (including phenoxy) is 1. The number of hydrogen-bond acceptors (Lipinski definition) is 5. The molecular formula is C20H41N5O4S. The average molecular weight is 448 g/mol. The van der Waals surface area contributed by atoms with Crippen LogP contribution in [0.5, 0.6) is 0 Å². The molecule has 1 aliphatic heterocycles. The monoisotopic (exact) mass is 447 g/mol. The minimum Gasteiger partial charge on any atom is -0.444 e. The van der Waals surface area contributed by atoms with Crippen LogP contribution in [0.3, 0.4) is 0 Å². The third-order valence-corrected chi connectivity index (χ3v) is 6.61. The maximum absolute atomic E-state index is 12.1. The van der Waals surface area contributed by atoms with Gasteiger partial charge in [0.2, 0.25) is 10.0 Å². The summed E-state index contributed by atoms with van der Waals surface area (Å²) in [4.78, 5) is 16.8. The van der Waals surface area contributed by atoms with Gasteiger partial charge in [-0.05, 0) is 53.9 Å². The third kappa shape index (κ3) is 9.97. The highest BCUT2D eigenvalue weighted by Gasteiger charge is 2.27. The normalized spacial score (nSPS) is 18.0. The molecule has 0 saturated carbocycles. The van der Waals surface area contributed by atoms with Crippen molar-refractivity contribution >= 4 is 22.1 Å². The second kappa shape index (κ2) is 12.3. The quantitative estimate of drug-likeness (QED) is 0.368. The number of guanidine groups is 1. The zero-order chi connectivity index (χ0) is 22.8. The van der Waals surface area contributed by atoms with Gasteiger partial charge in [-0.15, -0.1) is 0 Å². The van der Waals surface area contributed by atoms with Gasteiger partial charge in [0.05, 0.1) is 18.3 Å². The van der Waals surface area contributed by atoms with E-state index in [0.29, 0.717) is 32.1 Å². The standard InChI is InChI=1S/C20H41N5O4S/c1-7-10-17(24-19(26)29-20(4,5)6)15-22-18(21-8-2)23-16-11-13-25(14-12-16)30(27,28)9-3/h16-17H,7-15H2,1-6H3,(H,24,26)(H2,21,22,23). The van der Waals surface area contributed by atoms with E-state index in [4.69, 9.17) is 4.74 Å². The van der Waals surface area contributed by atoms with Crippen molar-refractivity contribution in [1.29, 1.82) is 0 Å². The number of amides is 1. The average Bonchev–Trinajstić information content (AvgIpc) is 2.65. The van der Waals surface area contributed by atoms with Crippen LogP contribution in [-0.4, -0.2) is 74.4 Å². The van der Waals surface area contributed by atoms with E-state index >= 15 is 0 Å². The zero-order valence-corrected chi connectivity index (χ0v) is 20.3. The van der Waals surface area contributed by atoms with Crippen molar-refractivity contribution in [2.24, 2.45) is 4.99 Å². The molecule has 30 heavy (non-hydrogen) atoms. The van der Waals surface area contributed by atoms with Crippen molar-refractivity contribution in [3.05, 3.63) is 0 Å². The van der Waals surface area contributed by atoms with Gasteiger partial charge in [0, 0.05) is 25.7 Å². The highest BCUT2D eigenvalue weighted by Crippen LogP contribution is 2.14. The van der Waals surface area contributed by atoms with Crippen LogP contribution < -0.4 is 16.0 Å². The van der Waals surface area contributed by atoms with E-state index in [1.807, 2.05) is 27.7 Å². The molecule has 1 atom stereocenters. The first kappa shape index (κ1) is 26.5. The van der Waals surface area contributed by atoms with Gasteiger partial charge in [0.1, 0.15) is 5.60 Å². The Balaban J connectivity index is 2.66. The van der Waals surface area contributed by atoms with E-state index < -0.39 is 21.7 Å². The van der Waals surface area contributed by atoms with Crippen LogP contribution in [-0.2, 0) is 14.8 Å². The number of carbonyl (C=O) groups excluding carboxylic acids is 1. The van der Waals surface area contributed by atoms with E-state index in [0.717, 1.165) is 25.7 Å². The van der Waals surface area contributed by atoms with Crippen LogP contribution in [0.1, 0.15) is 67.2 Å². The fourth-order valence-electron chi connectivity index (χ4n) is 3.21. The number of sulfonamides is 1. The van der Waals surface area contributed by atoms with Gasteiger partial charge in [-0.25, -0.2) is 17.5 Å². The molecule has 0 spiro atoms. The number of nitrogens with zero attached hydrogens (tertiary/aromatic N) is 2. The lowest BCUT2D eigenvalue weighted by Crippen LogP contribution is -2.50. The summed E-state index contributed by atoms with van der Waals surface area (Å²) in [7, 11) is -3.13. The summed E-state index contributed by atoms with van der Waals surface area (Å²) in [6, 6.07) is 0.0476. The van der Waals surface area contributed by atoms with Crippen molar-refractivity contribution < 1.29 is 17.9 Å². The zero-order valence-electron chi connectivity index (χ0n) is 19.5. The molecule has 1 unspecified atom stereocenters. The Kier molecular flexibility index (Phi) is 10.9. The van der Waals surface area contributed by atoms with Crippen LogP contribution in [0.15, 0.2) is 4.99 Å². The molecule has 3 N–H and O–H groups in total. The van der Waals surface area contributed by atoms with Crippen LogP contribution in [0.25, 0.3) is 0 Å². The second-order valence-electron chi connectivity index (χ2n) is 8.57. The molecule has 0 aliphatic carbocycles. The molecule has 0 radical (unpaired) electrons. The molecule has 0 aromatic heterocycles. The molecular weight excluding hydrogens is 406 g/mol. The van der Waals surface area contributed by atoms with Gasteiger partial charge < -0.3 is 20.7 Å². The van der Waals surface area contributed by atoms with E-state index in [1.165, 1.54) is 0 Å². The predicted molar refractivity (Wildman–Crippen MR) is 121 cm³/mol. The Morgan fingerprint density at radius 1 is 1.20 bits per heavy atom. The number of hydrogen-bond donors (Lipinski definition) is 3. The molecule has 176 valence electrons. The number of rotatable bonds is 9. The van der Waals surface area contributed by atoms with Gasteiger partial charge in [0.25, 0.3) is 0 Å². The maximum atomic E-state index is 12.1. The van der Waals surface area contributed by atoms with Crippen molar-refractivity contribution in [3.8, 4) is 0 Å². The Labute approximate surface area is 182 Å². The topological polar surface area (TPSA) is 112 Å². The lowest BCUT2D eigenvalue weighted by molar-refractivity contribution is 0.0503. The van der Waals surface area contributed by atoms with Gasteiger partial charge in [-0.2, -0.15) is 0 Å². The lowest BCUT2D eigenvalue weighted by atomic mass is 10.1. The fourth-order valence-corrected chi connectivity index (χ4v) is 4.34. The Morgan fingerprint density at radius 2 is 1.83 bits per heavy atom. The van der Waals surface area contributed by atoms with Crippen LogP contribution >= 0.6 is 0 Å². The molecule has 1 rings (SSSR count). The minimum atomic E-state index is -3.13. The SMILES string of the molecule is CCCC(CN=C(NCC)NC1CCN(S(=O)(=O)CC)CC1)NC(=O)OC(C)(C)C. The Bertz CT molecular complexity index is 653. The molecule has 0 aromatic rings. The predicted octanol–water partition coefficient (Wildman–Crippen LogP) is 2.05. The van der Waals surface area contributed by atoms with E-state index in [2.05, 4.69) is 27.9 Å². The summed E-state index contributed by atoms with van der Waals surface area (Å²) in [6.45, 7) is 13.4. The summed E-state index contributed by atoms with van der Waals surface area (Å²) in [5.74, 6) is 0.819. The number of carbonyl (C=O) groups is 1. The van der Waals surface area contributed by atoms with Crippen molar-refractivity contribution in [2.45, 2.75) is 84.9 Å². The summed E-state index contributed by atoms with van der Waals surface area (Å²) < 4.78 is 31.0. The maximum Gasteiger partial charge on any atom is 0.407 e. The molecule has 0 bridgehead atoms. The highest BCUT2D eigenvalue weighted by molar-refractivity contribution is 7.89. The van der Waals surface area contributed by atoms with Gasteiger partial charge in [-0.1, -0.05) is 13.3 Å². The van der Waals surface area contributed by atoms with Crippen molar-refractivity contribution in [3.63, 3.8) is 0 Å². The lowest BCUT2D eigenvalue weighted by Gasteiger charge is -2.32. The van der Waals surface area contributed by atoms with Crippen molar-refractivity contribution in [1.82, 2.24) is 20.3 Å². The molecule has 10 heteroatoms. The molecule has 1 saturated heterocycles. The summed E-state index contributed by atoms with van der Waals surface area (Å²) >= 11 is 0. The molecule has 1 fully saturated rings. The minimum absolute atomic E-state index is 0.114. The smallest absolute Gasteiger partial charge is 0.407 e. The molecule has 9 nitrogen and oxygen atoms in total. The Hall–Kier alpha value is -1.55. The van der Waals surface area contributed by atoms with Gasteiger partial charge in [-0.3, -0.25) is 4.99 Å². The summed E-state index contributed by atoms with van der Waals surface area (Å²) in [5.41, 5.74) is -0.541.